The van der Waals surface area contributed by atoms with Crippen molar-refractivity contribution in [3.8, 4) is 0 Å². The normalized spacial score (nSPS) is 15.7. The first-order valence-corrected chi connectivity index (χ1v) is 11.7. The molecular formula is C20H18N4O6S2. The molecule has 32 heavy (non-hydrogen) atoms. The van der Waals surface area contributed by atoms with Crippen LogP contribution in [0.15, 0.2) is 41.3 Å². The highest BCUT2D eigenvalue weighted by Crippen LogP contribution is 2.34. The average Bonchev–Trinajstić information content (AvgIpc) is 3.45. The number of hydrogen-bond acceptors (Lipinski definition) is 9. The van der Waals surface area contributed by atoms with E-state index in [0.29, 0.717) is 11.7 Å². The molecule has 2 heterocycles. The van der Waals surface area contributed by atoms with Crippen LogP contribution in [0.4, 0.5) is 16.5 Å². The maximum absolute atomic E-state index is 13.5. The molecule has 0 radical (unpaired) electrons. The van der Waals surface area contributed by atoms with Crippen LogP contribution < -0.4 is 4.90 Å². The van der Waals surface area contributed by atoms with Gasteiger partial charge in [0.25, 0.3) is 17.3 Å². The van der Waals surface area contributed by atoms with Gasteiger partial charge in [0, 0.05) is 23.6 Å². The second-order valence-electron chi connectivity index (χ2n) is 7.13. The van der Waals surface area contributed by atoms with Gasteiger partial charge in [-0.2, -0.15) is 0 Å². The molecule has 0 saturated carbocycles. The van der Waals surface area contributed by atoms with E-state index in [2.05, 4.69) is 4.98 Å². The van der Waals surface area contributed by atoms with Crippen molar-refractivity contribution in [2.24, 2.45) is 0 Å². The van der Waals surface area contributed by atoms with Crippen LogP contribution in [0.3, 0.4) is 0 Å². The van der Waals surface area contributed by atoms with Gasteiger partial charge in [0.15, 0.2) is 5.13 Å². The van der Waals surface area contributed by atoms with Gasteiger partial charge in [-0.3, -0.25) is 29.9 Å². The van der Waals surface area contributed by atoms with Crippen LogP contribution in [0.2, 0.25) is 0 Å². The van der Waals surface area contributed by atoms with Gasteiger partial charge >= 0.3 is 0 Å². The van der Waals surface area contributed by atoms with E-state index in [0.717, 1.165) is 46.2 Å². The van der Waals surface area contributed by atoms with E-state index in [1.165, 1.54) is 16.2 Å². The Hall–Kier alpha value is -3.09. The lowest BCUT2D eigenvalue weighted by Gasteiger charge is -2.23. The van der Waals surface area contributed by atoms with E-state index >= 15 is 0 Å². The molecule has 1 aliphatic rings. The Kier molecular flexibility index (Phi) is 6.35. The number of ether oxygens (including phenoxy) is 1. The quantitative estimate of drug-likeness (QED) is 0.275. The number of carbonyl (C=O) groups excluding carboxylic acids is 1. The molecule has 1 amide bonds. The van der Waals surface area contributed by atoms with Gasteiger partial charge in [-0.1, -0.05) is 11.3 Å². The number of aromatic nitrogens is 1. The van der Waals surface area contributed by atoms with Crippen molar-refractivity contribution in [3.05, 3.63) is 62.2 Å². The maximum Gasteiger partial charge on any atom is 0.277 e. The van der Waals surface area contributed by atoms with Crippen LogP contribution in [0.25, 0.3) is 10.2 Å². The van der Waals surface area contributed by atoms with Gasteiger partial charge in [0.2, 0.25) is 0 Å². The molecule has 12 heteroatoms. The molecule has 1 atom stereocenters. The van der Waals surface area contributed by atoms with Crippen LogP contribution in [-0.4, -0.2) is 46.2 Å². The summed E-state index contributed by atoms with van der Waals surface area (Å²) < 4.78 is 6.58. The van der Waals surface area contributed by atoms with Gasteiger partial charge in [-0.15, -0.1) is 11.8 Å². The Balaban J connectivity index is 1.77. The molecule has 1 aromatic heterocycles. The monoisotopic (exact) mass is 474 g/mol. The lowest BCUT2D eigenvalue weighted by molar-refractivity contribution is -0.394. The number of nitro benzene ring substituents is 2. The van der Waals surface area contributed by atoms with Gasteiger partial charge in [0.05, 0.1) is 44.3 Å². The number of hydrogen-bond donors (Lipinski definition) is 0. The molecule has 0 aliphatic carbocycles. The minimum atomic E-state index is -0.754. The minimum absolute atomic E-state index is 0.145. The molecular weight excluding hydrogens is 456 g/mol. The van der Waals surface area contributed by atoms with Crippen LogP contribution in [0, 0.1) is 20.2 Å². The zero-order valence-corrected chi connectivity index (χ0v) is 18.6. The number of amides is 1. The highest BCUT2D eigenvalue weighted by atomic mass is 32.2. The first-order valence-electron chi connectivity index (χ1n) is 9.67. The van der Waals surface area contributed by atoms with E-state index in [1.807, 2.05) is 24.5 Å². The fraction of sp³-hybridized carbons (Fsp3) is 0.300. The highest BCUT2D eigenvalue weighted by molar-refractivity contribution is 7.98. The number of anilines is 1. The van der Waals surface area contributed by atoms with E-state index in [9.17, 15) is 25.0 Å². The predicted octanol–water partition coefficient (Wildman–Crippen LogP) is 4.66. The zero-order valence-electron chi connectivity index (χ0n) is 16.9. The van der Waals surface area contributed by atoms with Crippen molar-refractivity contribution in [1.82, 2.24) is 4.98 Å². The molecule has 1 unspecified atom stereocenters. The van der Waals surface area contributed by atoms with Gasteiger partial charge in [0.1, 0.15) is 0 Å². The third-order valence-corrected chi connectivity index (χ3v) is 6.81. The topological polar surface area (TPSA) is 129 Å². The number of non-ortho nitro benzene ring substituents is 2. The van der Waals surface area contributed by atoms with Gasteiger partial charge in [-0.05, 0) is 37.3 Å². The summed E-state index contributed by atoms with van der Waals surface area (Å²) in [6.07, 6.45) is 3.39. The van der Waals surface area contributed by atoms with Crippen molar-refractivity contribution in [3.63, 3.8) is 0 Å². The standard InChI is InChI=1S/C20H18N4O6S2/c1-31-16-4-5-17-18(10-16)32-20(21-17)22(11-15-3-2-6-30-15)19(25)12-7-13(23(26)27)9-14(8-12)24(28)29/h4-5,7-10,15H,2-3,6,11H2,1H3. The zero-order chi connectivity index (χ0) is 22.8. The summed E-state index contributed by atoms with van der Waals surface area (Å²) in [6, 6.07) is 8.73. The van der Waals surface area contributed by atoms with Crippen molar-refractivity contribution in [2.45, 2.75) is 23.8 Å². The molecule has 2 aromatic carbocycles. The Morgan fingerprint density at radius 3 is 2.53 bits per heavy atom. The van der Waals surface area contributed by atoms with E-state index < -0.39 is 27.1 Å². The first-order chi connectivity index (χ1) is 15.4. The Labute approximate surface area is 190 Å². The molecule has 10 nitrogen and oxygen atoms in total. The summed E-state index contributed by atoms with van der Waals surface area (Å²) in [7, 11) is 0. The third kappa shape index (κ3) is 4.56. The van der Waals surface area contributed by atoms with E-state index in [4.69, 9.17) is 4.74 Å². The van der Waals surface area contributed by atoms with Crippen LogP contribution in [0.5, 0.6) is 0 Å². The molecule has 4 rings (SSSR count). The summed E-state index contributed by atoms with van der Waals surface area (Å²) in [5, 5.41) is 23.0. The number of thioether (sulfide) groups is 1. The van der Waals surface area contributed by atoms with Crippen LogP contribution >= 0.6 is 23.1 Å². The number of fused-ring (bicyclic) bond motifs is 1. The smallest absolute Gasteiger partial charge is 0.277 e. The van der Waals surface area contributed by atoms with Crippen LogP contribution in [0.1, 0.15) is 23.2 Å². The fourth-order valence-electron chi connectivity index (χ4n) is 3.46. The third-order valence-electron chi connectivity index (χ3n) is 5.04. The summed E-state index contributed by atoms with van der Waals surface area (Å²) in [4.78, 5) is 41.6. The minimum Gasteiger partial charge on any atom is -0.376 e. The second kappa shape index (κ2) is 9.18. The Morgan fingerprint density at radius 2 is 1.94 bits per heavy atom. The van der Waals surface area contributed by atoms with Crippen LogP contribution in [-0.2, 0) is 4.74 Å². The predicted molar refractivity (Wildman–Crippen MR) is 122 cm³/mol. The number of nitrogens with zero attached hydrogens (tertiary/aromatic N) is 4. The second-order valence-corrected chi connectivity index (χ2v) is 9.02. The maximum atomic E-state index is 13.5. The Morgan fingerprint density at radius 1 is 1.22 bits per heavy atom. The van der Waals surface area contributed by atoms with Crippen molar-refractivity contribution in [2.75, 3.05) is 24.3 Å². The van der Waals surface area contributed by atoms with E-state index in [1.54, 1.807) is 11.8 Å². The van der Waals surface area contributed by atoms with Gasteiger partial charge < -0.3 is 4.74 Å². The molecule has 0 bridgehead atoms. The molecule has 3 aromatic rings. The summed E-state index contributed by atoms with van der Waals surface area (Å²) >= 11 is 2.91. The number of nitro groups is 2. The first kappa shape index (κ1) is 22.1. The summed E-state index contributed by atoms with van der Waals surface area (Å²) in [5.41, 5.74) is -0.465. The van der Waals surface area contributed by atoms with Crippen molar-refractivity contribution in [1.29, 1.82) is 0 Å². The molecule has 1 fully saturated rings. The fourth-order valence-corrected chi connectivity index (χ4v) is 4.99. The number of thiazole rings is 1. The number of rotatable bonds is 7. The largest absolute Gasteiger partial charge is 0.376 e. The molecule has 1 saturated heterocycles. The lowest BCUT2D eigenvalue weighted by Crippen LogP contribution is -2.37. The molecule has 0 spiro atoms. The van der Waals surface area contributed by atoms with E-state index in [-0.39, 0.29) is 18.2 Å². The molecule has 1 aliphatic heterocycles. The SMILES string of the molecule is CSc1ccc2nc(N(CC3CCCO3)C(=O)c3cc([N+](=O)[O-])cc([N+](=O)[O-])c3)sc2c1. The average molecular weight is 475 g/mol. The lowest BCUT2D eigenvalue weighted by atomic mass is 10.1. The number of carbonyl (C=O) groups is 1. The molecule has 166 valence electrons. The van der Waals surface area contributed by atoms with Crippen molar-refractivity contribution >= 4 is 55.7 Å². The summed E-state index contributed by atoms with van der Waals surface area (Å²) in [5.74, 6) is -0.601. The highest BCUT2D eigenvalue weighted by Gasteiger charge is 2.29. The molecule has 0 N–H and O–H groups in total. The van der Waals surface area contributed by atoms with Crippen molar-refractivity contribution < 1.29 is 19.4 Å². The number of benzene rings is 2. The summed E-state index contributed by atoms with van der Waals surface area (Å²) in [6.45, 7) is 0.788. The Bertz CT molecular complexity index is 1180. The van der Waals surface area contributed by atoms with Gasteiger partial charge in [-0.25, -0.2) is 4.98 Å².